The molecule has 1 atom stereocenters. The summed E-state index contributed by atoms with van der Waals surface area (Å²) in [6.45, 7) is 3.10. The Morgan fingerprint density at radius 2 is 1.46 bits per heavy atom. The minimum atomic E-state index is -1.16. The summed E-state index contributed by atoms with van der Waals surface area (Å²) < 4.78 is 21.0. The highest BCUT2D eigenvalue weighted by molar-refractivity contribution is 6.22. The third-order valence-electron chi connectivity index (χ3n) is 5.40. The van der Waals surface area contributed by atoms with Gasteiger partial charge in [0, 0.05) is 17.8 Å². The second kappa shape index (κ2) is 10.9. The Morgan fingerprint density at radius 3 is 1.91 bits per heavy atom. The average molecular weight is 485 g/mol. The van der Waals surface area contributed by atoms with Gasteiger partial charge in [-0.1, -0.05) is 26.0 Å². The van der Waals surface area contributed by atoms with Crippen molar-refractivity contribution in [3.05, 3.63) is 47.5 Å². The van der Waals surface area contributed by atoms with E-state index in [9.17, 15) is 19.2 Å². The van der Waals surface area contributed by atoms with Crippen LogP contribution in [0, 0.1) is 5.92 Å². The smallest absolute Gasteiger partial charge is 0.329 e. The maximum absolute atomic E-state index is 12.9. The van der Waals surface area contributed by atoms with E-state index in [1.165, 1.54) is 45.6 Å². The fourth-order valence-corrected chi connectivity index (χ4v) is 3.83. The molecule has 0 fully saturated rings. The van der Waals surface area contributed by atoms with Gasteiger partial charge in [-0.3, -0.25) is 19.3 Å². The molecule has 186 valence electrons. The van der Waals surface area contributed by atoms with Crippen molar-refractivity contribution in [2.45, 2.75) is 26.3 Å². The van der Waals surface area contributed by atoms with Crippen LogP contribution in [-0.2, 0) is 14.3 Å². The zero-order valence-electron chi connectivity index (χ0n) is 20.2. The number of hydrogen-bond donors (Lipinski definition) is 1. The van der Waals surface area contributed by atoms with Crippen LogP contribution in [0.2, 0.25) is 0 Å². The SMILES string of the molecule is COc1cc(NC(=O)COC(=O)[C@H](CC(C)C)N2C(=O)c3ccccc3C2=O)cc(OC)c1OC. The molecular formula is C25H28N2O8. The summed E-state index contributed by atoms with van der Waals surface area (Å²) in [5.41, 5.74) is 0.804. The molecule has 0 aromatic heterocycles. The molecule has 0 spiro atoms. The number of carbonyl (C=O) groups is 4. The van der Waals surface area contributed by atoms with Gasteiger partial charge in [-0.15, -0.1) is 0 Å². The Labute approximate surface area is 203 Å². The van der Waals surface area contributed by atoms with Gasteiger partial charge >= 0.3 is 5.97 Å². The summed E-state index contributed by atoms with van der Waals surface area (Å²) in [6.07, 6.45) is 0.193. The fourth-order valence-electron chi connectivity index (χ4n) is 3.83. The Morgan fingerprint density at radius 1 is 0.914 bits per heavy atom. The summed E-state index contributed by atoms with van der Waals surface area (Å²) >= 11 is 0. The largest absolute Gasteiger partial charge is 0.493 e. The van der Waals surface area contributed by atoms with Gasteiger partial charge < -0.3 is 24.3 Å². The van der Waals surface area contributed by atoms with Gasteiger partial charge in [0.1, 0.15) is 6.04 Å². The molecule has 10 heteroatoms. The van der Waals surface area contributed by atoms with Crippen molar-refractivity contribution in [2.24, 2.45) is 5.92 Å². The van der Waals surface area contributed by atoms with Crippen molar-refractivity contribution in [3.8, 4) is 17.2 Å². The topological polar surface area (TPSA) is 120 Å². The summed E-state index contributed by atoms with van der Waals surface area (Å²) in [5.74, 6) is -1.58. The van der Waals surface area contributed by atoms with Crippen molar-refractivity contribution < 1.29 is 38.1 Å². The van der Waals surface area contributed by atoms with E-state index in [4.69, 9.17) is 18.9 Å². The van der Waals surface area contributed by atoms with Gasteiger partial charge in [-0.2, -0.15) is 0 Å². The van der Waals surface area contributed by atoms with Crippen molar-refractivity contribution in [2.75, 3.05) is 33.3 Å². The lowest BCUT2D eigenvalue weighted by Gasteiger charge is -2.25. The Bertz CT molecular complexity index is 1080. The Hall–Kier alpha value is -4.08. The highest BCUT2D eigenvalue weighted by Gasteiger charge is 2.43. The lowest BCUT2D eigenvalue weighted by molar-refractivity contribution is -0.151. The van der Waals surface area contributed by atoms with E-state index in [0.29, 0.717) is 22.9 Å². The molecule has 35 heavy (non-hydrogen) atoms. The lowest BCUT2D eigenvalue weighted by atomic mass is 10.0. The van der Waals surface area contributed by atoms with E-state index in [2.05, 4.69) is 5.32 Å². The first-order chi connectivity index (χ1) is 16.7. The van der Waals surface area contributed by atoms with Crippen LogP contribution in [0.5, 0.6) is 17.2 Å². The summed E-state index contributed by atoms with van der Waals surface area (Å²) in [5, 5.41) is 2.60. The van der Waals surface area contributed by atoms with Crippen LogP contribution in [0.3, 0.4) is 0 Å². The zero-order valence-corrected chi connectivity index (χ0v) is 20.2. The number of hydrogen-bond acceptors (Lipinski definition) is 8. The van der Waals surface area contributed by atoms with Crippen LogP contribution in [0.25, 0.3) is 0 Å². The molecule has 0 unspecified atom stereocenters. The highest BCUT2D eigenvalue weighted by atomic mass is 16.5. The second-order valence-electron chi connectivity index (χ2n) is 8.24. The van der Waals surface area contributed by atoms with Crippen molar-refractivity contribution in [3.63, 3.8) is 0 Å². The number of anilines is 1. The fraction of sp³-hybridized carbons (Fsp3) is 0.360. The number of esters is 1. The molecular weight excluding hydrogens is 456 g/mol. The molecule has 0 bridgehead atoms. The quantitative estimate of drug-likeness (QED) is 0.404. The maximum Gasteiger partial charge on any atom is 0.329 e. The number of carbonyl (C=O) groups excluding carboxylic acids is 4. The zero-order chi connectivity index (χ0) is 25.7. The lowest BCUT2D eigenvalue weighted by Crippen LogP contribution is -2.46. The first kappa shape index (κ1) is 25.5. The maximum atomic E-state index is 12.9. The van der Waals surface area contributed by atoms with Gasteiger partial charge in [0.15, 0.2) is 18.1 Å². The summed E-state index contributed by atoms with van der Waals surface area (Å²) in [7, 11) is 4.34. The van der Waals surface area contributed by atoms with Crippen LogP contribution in [0.1, 0.15) is 41.0 Å². The van der Waals surface area contributed by atoms with E-state index in [-0.39, 0.29) is 23.5 Å². The number of nitrogens with zero attached hydrogens (tertiary/aromatic N) is 1. The van der Waals surface area contributed by atoms with Crippen molar-refractivity contribution in [1.82, 2.24) is 4.90 Å². The van der Waals surface area contributed by atoms with Crippen LogP contribution < -0.4 is 19.5 Å². The molecule has 1 N–H and O–H groups in total. The standard InChI is InChI=1S/C25H28N2O8/c1-14(2)10-18(27-23(29)16-8-6-7-9-17(16)24(27)30)25(31)35-13-21(28)26-15-11-19(32-3)22(34-5)20(12-15)33-4/h6-9,11-12,14,18H,10,13H2,1-5H3,(H,26,28)/t18-/m0/s1. The molecule has 1 aliphatic heterocycles. The molecule has 0 saturated carbocycles. The number of imide groups is 1. The first-order valence-electron chi connectivity index (χ1n) is 10.9. The Balaban J connectivity index is 1.71. The van der Waals surface area contributed by atoms with Crippen molar-refractivity contribution >= 4 is 29.4 Å². The number of nitrogens with one attached hydrogen (secondary N) is 1. The molecule has 3 amide bonds. The van der Waals surface area contributed by atoms with E-state index < -0.39 is 36.3 Å². The van der Waals surface area contributed by atoms with Gasteiger partial charge in [-0.05, 0) is 24.5 Å². The van der Waals surface area contributed by atoms with Gasteiger partial charge in [0.05, 0.1) is 32.5 Å². The number of amides is 3. The number of ether oxygens (including phenoxy) is 4. The number of methoxy groups -OCH3 is 3. The van der Waals surface area contributed by atoms with Gasteiger partial charge in [-0.25, -0.2) is 4.79 Å². The normalized spacial score (nSPS) is 13.4. The van der Waals surface area contributed by atoms with Crippen molar-refractivity contribution in [1.29, 1.82) is 0 Å². The van der Waals surface area contributed by atoms with E-state index in [1.807, 2.05) is 13.8 Å². The summed E-state index contributed by atoms with van der Waals surface area (Å²) in [6, 6.07) is 8.28. The van der Waals surface area contributed by atoms with E-state index in [1.54, 1.807) is 12.1 Å². The molecule has 2 aromatic carbocycles. The van der Waals surface area contributed by atoms with Crippen LogP contribution in [0.15, 0.2) is 36.4 Å². The molecule has 1 aliphatic rings. The molecule has 2 aromatic rings. The average Bonchev–Trinajstić information content (AvgIpc) is 3.10. The summed E-state index contributed by atoms with van der Waals surface area (Å²) in [4.78, 5) is 52.1. The van der Waals surface area contributed by atoms with E-state index in [0.717, 1.165) is 4.90 Å². The molecule has 0 aliphatic carbocycles. The number of benzene rings is 2. The third-order valence-corrected chi connectivity index (χ3v) is 5.40. The van der Waals surface area contributed by atoms with Gasteiger partial charge in [0.2, 0.25) is 5.75 Å². The first-order valence-corrected chi connectivity index (χ1v) is 10.9. The monoisotopic (exact) mass is 484 g/mol. The van der Waals surface area contributed by atoms with Crippen LogP contribution in [0.4, 0.5) is 5.69 Å². The Kier molecular flexibility index (Phi) is 7.95. The predicted molar refractivity (Wildman–Crippen MR) is 126 cm³/mol. The molecule has 0 radical (unpaired) electrons. The molecule has 10 nitrogen and oxygen atoms in total. The van der Waals surface area contributed by atoms with Crippen LogP contribution in [-0.4, -0.2) is 62.6 Å². The minimum Gasteiger partial charge on any atom is -0.493 e. The number of fused-ring (bicyclic) bond motifs is 1. The minimum absolute atomic E-state index is 0.0232. The molecule has 1 heterocycles. The molecule has 0 saturated heterocycles. The number of rotatable bonds is 10. The highest BCUT2D eigenvalue weighted by Crippen LogP contribution is 2.39. The molecule has 3 rings (SSSR count). The van der Waals surface area contributed by atoms with E-state index >= 15 is 0 Å². The predicted octanol–water partition coefficient (Wildman–Crippen LogP) is 2.91. The van der Waals surface area contributed by atoms with Crippen LogP contribution >= 0.6 is 0 Å². The van der Waals surface area contributed by atoms with Gasteiger partial charge in [0.25, 0.3) is 17.7 Å². The second-order valence-corrected chi connectivity index (χ2v) is 8.24. The third kappa shape index (κ3) is 5.37.